The van der Waals surface area contributed by atoms with Crippen LogP contribution in [0.2, 0.25) is 0 Å². The molecule has 0 N–H and O–H groups in total. The quantitative estimate of drug-likeness (QED) is 0.501. The lowest BCUT2D eigenvalue weighted by Crippen LogP contribution is -2.49. The first-order valence-corrected chi connectivity index (χ1v) is 10.3. The highest BCUT2D eigenvalue weighted by molar-refractivity contribution is 5.95. The predicted molar refractivity (Wildman–Crippen MR) is 119 cm³/mol. The van der Waals surface area contributed by atoms with E-state index in [-0.39, 0.29) is 11.7 Å². The number of hydrogen-bond donors (Lipinski definition) is 0. The fourth-order valence-electron chi connectivity index (χ4n) is 3.99. The first-order valence-electron chi connectivity index (χ1n) is 10.3. The van der Waals surface area contributed by atoms with E-state index in [1.165, 1.54) is 12.1 Å². The summed E-state index contributed by atoms with van der Waals surface area (Å²) in [6, 6.07) is 20.2. The number of carbonyl (C=O) groups is 1. The second-order valence-electron chi connectivity index (χ2n) is 7.57. The molecule has 1 fully saturated rings. The van der Waals surface area contributed by atoms with Gasteiger partial charge in [-0.2, -0.15) is 0 Å². The molecule has 5 nitrogen and oxygen atoms in total. The van der Waals surface area contributed by atoms with E-state index in [4.69, 9.17) is 4.98 Å². The van der Waals surface area contributed by atoms with E-state index in [2.05, 4.69) is 16.0 Å². The highest BCUT2D eigenvalue weighted by Crippen LogP contribution is 2.29. The van der Waals surface area contributed by atoms with E-state index < -0.39 is 0 Å². The Hall–Kier alpha value is -3.80. The highest BCUT2D eigenvalue weighted by atomic mass is 19.1. The predicted octanol–water partition coefficient (Wildman–Crippen LogP) is 4.40. The van der Waals surface area contributed by atoms with Crippen molar-refractivity contribution in [2.75, 3.05) is 31.1 Å². The summed E-state index contributed by atoms with van der Waals surface area (Å²) in [5.41, 5.74) is 3.41. The molecule has 0 spiro atoms. The lowest BCUT2D eigenvalue weighted by molar-refractivity contribution is 0.0746. The summed E-state index contributed by atoms with van der Waals surface area (Å²) in [6.07, 6.45) is 3.27. The smallest absolute Gasteiger partial charge is 0.255 e. The van der Waals surface area contributed by atoms with Crippen molar-refractivity contribution in [1.29, 1.82) is 0 Å². The van der Waals surface area contributed by atoms with Crippen LogP contribution in [0.25, 0.3) is 22.0 Å². The second kappa shape index (κ2) is 8.14. The van der Waals surface area contributed by atoms with Gasteiger partial charge in [0, 0.05) is 49.5 Å². The molecule has 2 aromatic heterocycles. The molecule has 0 saturated carbocycles. The molecule has 1 aliphatic heterocycles. The minimum atomic E-state index is -0.253. The van der Waals surface area contributed by atoms with Crippen molar-refractivity contribution in [1.82, 2.24) is 14.9 Å². The second-order valence-corrected chi connectivity index (χ2v) is 7.57. The van der Waals surface area contributed by atoms with Crippen LogP contribution in [0.4, 0.5) is 10.2 Å². The van der Waals surface area contributed by atoms with Crippen molar-refractivity contribution >= 4 is 22.6 Å². The molecule has 0 unspecified atom stereocenters. The molecule has 1 saturated heterocycles. The number of anilines is 1. The van der Waals surface area contributed by atoms with Crippen molar-refractivity contribution in [2.45, 2.75) is 0 Å². The number of hydrogen-bond acceptors (Lipinski definition) is 4. The lowest BCUT2D eigenvalue weighted by atomic mass is 10.0. The highest BCUT2D eigenvalue weighted by Gasteiger charge is 2.23. The van der Waals surface area contributed by atoms with Crippen LogP contribution >= 0.6 is 0 Å². The van der Waals surface area contributed by atoms with Crippen LogP contribution in [0.15, 0.2) is 79.1 Å². The van der Waals surface area contributed by atoms with Crippen molar-refractivity contribution in [3.05, 3.63) is 90.5 Å². The molecule has 31 heavy (non-hydrogen) atoms. The van der Waals surface area contributed by atoms with Gasteiger partial charge in [-0.1, -0.05) is 30.3 Å². The summed E-state index contributed by atoms with van der Waals surface area (Å²) in [6.45, 7) is 2.69. The summed E-state index contributed by atoms with van der Waals surface area (Å²) < 4.78 is 13.4. The van der Waals surface area contributed by atoms with Gasteiger partial charge in [0.1, 0.15) is 11.6 Å². The van der Waals surface area contributed by atoms with Crippen LogP contribution in [0.3, 0.4) is 0 Å². The zero-order valence-electron chi connectivity index (χ0n) is 16.9. The fraction of sp³-hybridized carbons (Fsp3) is 0.160. The van der Waals surface area contributed by atoms with Crippen LogP contribution in [0.1, 0.15) is 10.4 Å². The van der Waals surface area contributed by atoms with Crippen molar-refractivity contribution in [2.24, 2.45) is 0 Å². The van der Waals surface area contributed by atoms with E-state index in [0.29, 0.717) is 31.7 Å². The van der Waals surface area contributed by atoms with Gasteiger partial charge in [-0.05, 0) is 42.0 Å². The normalized spacial score (nSPS) is 14.1. The molecule has 1 amide bonds. The first kappa shape index (κ1) is 19.2. The van der Waals surface area contributed by atoms with Gasteiger partial charge in [0.15, 0.2) is 0 Å². The maximum Gasteiger partial charge on any atom is 0.255 e. The Bertz CT molecular complexity index is 1220. The van der Waals surface area contributed by atoms with Crippen LogP contribution in [0, 0.1) is 5.82 Å². The molecule has 6 heteroatoms. The van der Waals surface area contributed by atoms with Gasteiger partial charge in [0.25, 0.3) is 5.91 Å². The third kappa shape index (κ3) is 3.84. The summed E-state index contributed by atoms with van der Waals surface area (Å²) in [4.78, 5) is 25.7. The van der Waals surface area contributed by atoms with Crippen molar-refractivity contribution in [3.8, 4) is 11.1 Å². The number of aromatic nitrogens is 2. The van der Waals surface area contributed by atoms with Gasteiger partial charge in [-0.3, -0.25) is 9.78 Å². The minimum Gasteiger partial charge on any atom is -0.353 e. The van der Waals surface area contributed by atoms with Gasteiger partial charge in [-0.25, -0.2) is 9.37 Å². The topological polar surface area (TPSA) is 49.3 Å². The largest absolute Gasteiger partial charge is 0.353 e. The maximum atomic E-state index is 13.4. The molecule has 3 heterocycles. The molecule has 0 atom stereocenters. The van der Waals surface area contributed by atoms with E-state index in [9.17, 15) is 9.18 Å². The Morgan fingerprint density at radius 3 is 2.42 bits per heavy atom. The first-order chi connectivity index (χ1) is 15.2. The Kier molecular flexibility index (Phi) is 5.04. The zero-order valence-corrected chi connectivity index (χ0v) is 16.9. The van der Waals surface area contributed by atoms with Gasteiger partial charge >= 0.3 is 0 Å². The van der Waals surface area contributed by atoms with Gasteiger partial charge < -0.3 is 9.80 Å². The summed E-state index contributed by atoms with van der Waals surface area (Å²) in [5, 5.41) is 1.04. The van der Waals surface area contributed by atoms with Gasteiger partial charge in [-0.15, -0.1) is 0 Å². The summed E-state index contributed by atoms with van der Waals surface area (Å²) >= 11 is 0. The SMILES string of the molecule is O=C(c1cccnc1)N1CCN(c2ccc3cccc(-c4ccc(F)cc4)c3n2)CC1. The van der Waals surface area contributed by atoms with Crippen LogP contribution < -0.4 is 4.90 Å². The summed E-state index contributed by atoms with van der Waals surface area (Å²) in [7, 11) is 0. The van der Waals surface area contributed by atoms with E-state index >= 15 is 0 Å². The molecular formula is C25H21FN4O. The van der Waals surface area contributed by atoms with Crippen molar-refractivity contribution < 1.29 is 9.18 Å². The number of rotatable bonds is 3. The number of para-hydroxylation sites is 1. The molecule has 154 valence electrons. The van der Waals surface area contributed by atoms with Crippen LogP contribution in [-0.2, 0) is 0 Å². The number of piperazine rings is 1. The molecule has 5 rings (SSSR count). The molecule has 2 aromatic carbocycles. The number of carbonyl (C=O) groups excluding carboxylic acids is 1. The van der Waals surface area contributed by atoms with E-state index in [1.807, 2.05) is 29.2 Å². The number of amides is 1. The Morgan fingerprint density at radius 2 is 1.68 bits per heavy atom. The summed E-state index contributed by atoms with van der Waals surface area (Å²) in [5.74, 6) is 0.643. The zero-order chi connectivity index (χ0) is 21.2. The third-order valence-corrected chi connectivity index (χ3v) is 5.66. The Balaban J connectivity index is 1.38. The third-order valence-electron chi connectivity index (χ3n) is 5.66. The Labute approximate surface area is 179 Å². The standard InChI is InChI=1S/C25H21FN4O/c26-21-9-6-18(7-10-21)22-5-1-3-19-8-11-23(28-24(19)22)29-13-15-30(16-14-29)25(31)20-4-2-12-27-17-20/h1-12,17H,13-16H2. The number of halogens is 1. The average molecular weight is 412 g/mol. The number of fused-ring (bicyclic) bond motifs is 1. The maximum absolute atomic E-state index is 13.4. The van der Waals surface area contributed by atoms with Crippen molar-refractivity contribution in [3.63, 3.8) is 0 Å². The van der Waals surface area contributed by atoms with Crippen LogP contribution in [0.5, 0.6) is 0 Å². The molecular weight excluding hydrogens is 391 g/mol. The van der Waals surface area contributed by atoms with E-state index in [0.717, 1.165) is 27.8 Å². The van der Waals surface area contributed by atoms with Crippen LogP contribution in [-0.4, -0.2) is 47.0 Å². The fourth-order valence-corrected chi connectivity index (χ4v) is 3.99. The molecule has 0 aliphatic carbocycles. The van der Waals surface area contributed by atoms with Gasteiger partial charge in [0.2, 0.25) is 0 Å². The van der Waals surface area contributed by atoms with Gasteiger partial charge in [0.05, 0.1) is 11.1 Å². The minimum absolute atomic E-state index is 0.0119. The number of benzene rings is 2. The average Bonchev–Trinajstić information content (AvgIpc) is 2.84. The lowest BCUT2D eigenvalue weighted by Gasteiger charge is -2.35. The Morgan fingerprint density at radius 1 is 0.871 bits per heavy atom. The monoisotopic (exact) mass is 412 g/mol. The number of pyridine rings is 2. The van der Waals surface area contributed by atoms with E-state index in [1.54, 1.807) is 36.7 Å². The molecule has 0 bridgehead atoms. The molecule has 1 aliphatic rings. The molecule has 0 radical (unpaired) electrons. The number of nitrogens with zero attached hydrogens (tertiary/aromatic N) is 4. The molecule has 4 aromatic rings.